The second-order valence-electron chi connectivity index (χ2n) is 2.55. The van der Waals surface area contributed by atoms with Crippen LogP contribution in [0.3, 0.4) is 0 Å². The molecule has 0 fully saturated rings. The van der Waals surface area contributed by atoms with Gasteiger partial charge >= 0.3 is 5.97 Å². The fourth-order valence-electron chi connectivity index (χ4n) is 1.02. The lowest BCUT2D eigenvalue weighted by molar-refractivity contribution is 0.0600. The molecule has 1 aromatic rings. The Labute approximate surface area is 95.4 Å². The predicted octanol–water partition coefficient (Wildman–Crippen LogP) is 2.38. The Hall–Kier alpha value is -2.02. The first kappa shape index (κ1) is 14.0. The van der Waals surface area contributed by atoms with Crippen LogP contribution in [0.1, 0.15) is 29.8 Å². The summed E-state index contributed by atoms with van der Waals surface area (Å²) in [5, 5.41) is 8.68. The fraction of sp³-hybridized carbons (Fsp3) is 0.333. The van der Waals surface area contributed by atoms with Crippen LogP contribution in [0.25, 0.3) is 0 Å². The van der Waals surface area contributed by atoms with Crippen molar-refractivity contribution in [3.8, 4) is 11.8 Å². The monoisotopic (exact) mass is 221 g/mol. The number of carbonyl (C=O) groups is 1. The van der Waals surface area contributed by atoms with Crippen molar-refractivity contribution in [3.05, 3.63) is 29.3 Å². The first-order valence-corrected chi connectivity index (χ1v) is 4.88. The van der Waals surface area contributed by atoms with E-state index in [1.807, 2.05) is 19.9 Å². The Morgan fingerprint density at radius 3 is 2.31 bits per heavy atom. The number of nitrogens with zero attached hydrogens (tertiary/aromatic N) is 1. The van der Waals surface area contributed by atoms with Gasteiger partial charge in [0.25, 0.3) is 0 Å². The van der Waals surface area contributed by atoms with Gasteiger partial charge in [0.1, 0.15) is 5.75 Å². The summed E-state index contributed by atoms with van der Waals surface area (Å²) in [6.45, 7) is 4.00. The molecular formula is C12H15NO3. The zero-order chi connectivity index (χ0) is 12.6. The molecule has 0 heterocycles. The van der Waals surface area contributed by atoms with Gasteiger partial charge in [-0.1, -0.05) is 13.8 Å². The maximum absolute atomic E-state index is 11.2. The van der Waals surface area contributed by atoms with Crippen LogP contribution >= 0.6 is 0 Å². The average molecular weight is 221 g/mol. The number of nitriles is 1. The van der Waals surface area contributed by atoms with Crippen molar-refractivity contribution < 1.29 is 14.3 Å². The Bertz CT molecular complexity index is 394. The van der Waals surface area contributed by atoms with Crippen molar-refractivity contribution in [3.63, 3.8) is 0 Å². The van der Waals surface area contributed by atoms with E-state index in [1.165, 1.54) is 26.4 Å². The summed E-state index contributed by atoms with van der Waals surface area (Å²) in [5.74, 6) is -0.0233. The molecule has 0 amide bonds. The van der Waals surface area contributed by atoms with E-state index in [-0.39, 0.29) is 0 Å². The number of benzene rings is 1. The third-order valence-electron chi connectivity index (χ3n) is 1.69. The summed E-state index contributed by atoms with van der Waals surface area (Å²) in [6, 6.07) is 6.45. The van der Waals surface area contributed by atoms with Gasteiger partial charge in [0.2, 0.25) is 0 Å². The molecule has 86 valence electrons. The standard InChI is InChI=1S/C10H9NO3.C2H6/c1-13-9-4-7(6-11)3-8(5-9)10(12)14-2;1-2/h3-5H,1-2H3;1-2H3. The summed E-state index contributed by atoms with van der Waals surface area (Å²) < 4.78 is 9.46. The van der Waals surface area contributed by atoms with Gasteiger partial charge in [-0.2, -0.15) is 5.26 Å². The SMILES string of the molecule is CC.COC(=O)c1cc(C#N)cc(OC)c1. The number of rotatable bonds is 2. The van der Waals surface area contributed by atoms with Crippen LogP contribution in [0.5, 0.6) is 5.75 Å². The van der Waals surface area contributed by atoms with Gasteiger partial charge < -0.3 is 9.47 Å². The van der Waals surface area contributed by atoms with Crippen LogP contribution in [0, 0.1) is 11.3 Å². The maximum atomic E-state index is 11.2. The number of esters is 1. The number of hydrogen-bond donors (Lipinski definition) is 0. The molecule has 0 saturated heterocycles. The molecule has 0 unspecified atom stereocenters. The van der Waals surface area contributed by atoms with Gasteiger partial charge in [-0.25, -0.2) is 4.79 Å². The molecule has 0 bridgehead atoms. The number of carbonyl (C=O) groups excluding carboxylic acids is 1. The van der Waals surface area contributed by atoms with E-state index in [1.54, 1.807) is 6.07 Å². The minimum Gasteiger partial charge on any atom is -0.497 e. The summed E-state index contributed by atoms with van der Waals surface area (Å²) in [5.41, 5.74) is 0.674. The highest BCUT2D eigenvalue weighted by molar-refractivity contribution is 5.90. The van der Waals surface area contributed by atoms with E-state index >= 15 is 0 Å². The van der Waals surface area contributed by atoms with Gasteiger partial charge in [0.15, 0.2) is 0 Å². The molecule has 1 aromatic carbocycles. The number of hydrogen-bond acceptors (Lipinski definition) is 4. The van der Waals surface area contributed by atoms with Crippen molar-refractivity contribution in [2.75, 3.05) is 14.2 Å². The lowest BCUT2D eigenvalue weighted by atomic mass is 10.1. The van der Waals surface area contributed by atoms with E-state index in [4.69, 9.17) is 10.00 Å². The van der Waals surface area contributed by atoms with Crippen LogP contribution in [-0.4, -0.2) is 20.2 Å². The van der Waals surface area contributed by atoms with Crippen LogP contribution in [-0.2, 0) is 4.74 Å². The second kappa shape index (κ2) is 7.30. The summed E-state index contributed by atoms with van der Waals surface area (Å²) in [4.78, 5) is 11.2. The Morgan fingerprint density at radius 1 is 1.25 bits per heavy atom. The first-order chi connectivity index (χ1) is 7.71. The van der Waals surface area contributed by atoms with Crippen molar-refractivity contribution in [1.29, 1.82) is 5.26 Å². The minimum atomic E-state index is -0.486. The normalized spacial score (nSPS) is 8.19. The van der Waals surface area contributed by atoms with Crippen LogP contribution in [0.2, 0.25) is 0 Å². The van der Waals surface area contributed by atoms with Crippen molar-refractivity contribution >= 4 is 5.97 Å². The maximum Gasteiger partial charge on any atom is 0.338 e. The molecule has 4 heteroatoms. The molecule has 16 heavy (non-hydrogen) atoms. The zero-order valence-corrected chi connectivity index (χ0v) is 9.90. The highest BCUT2D eigenvalue weighted by Gasteiger charge is 2.08. The van der Waals surface area contributed by atoms with Gasteiger partial charge in [-0.3, -0.25) is 0 Å². The minimum absolute atomic E-state index is 0.309. The van der Waals surface area contributed by atoms with Gasteiger partial charge in [0, 0.05) is 0 Å². The highest BCUT2D eigenvalue weighted by Crippen LogP contribution is 2.16. The molecule has 0 atom stereocenters. The smallest absolute Gasteiger partial charge is 0.338 e. The topological polar surface area (TPSA) is 59.3 Å². The third kappa shape index (κ3) is 3.62. The largest absolute Gasteiger partial charge is 0.497 e. The Kier molecular flexibility index (Phi) is 6.37. The molecule has 1 rings (SSSR count). The molecule has 0 aliphatic rings. The zero-order valence-electron chi connectivity index (χ0n) is 9.90. The molecule has 0 radical (unpaired) electrons. The van der Waals surface area contributed by atoms with E-state index < -0.39 is 5.97 Å². The van der Waals surface area contributed by atoms with Gasteiger partial charge in [-0.15, -0.1) is 0 Å². The fourth-order valence-corrected chi connectivity index (χ4v) is 1.02. The highest BCUT2D eigenvalue weighted by atomic mass is 16.5. The van der Waals surface area contributed by atoms with E-state index in [2.05, 4.69) is 4.74 Å². The van der Waals surface area contributed by atoms with E-state index in [0.717, 1.165) is 0 Å². The molecule has 4 nitrogen and oxygen atoms in total. The van der Waals surface area contributed by atoms with Crippen molar-refractivity contribution in [1.82, 2.24) is 0 Å². The van der Waals surface area contributed by atoms with Crippen LogP contribution in [0.4, 0.5) is 0 Å². The van der Waals surface area contributed by atoms with E-state index in [0.29, 0.717) is 16.9 Å². The Balaban J connectivity index is 0.00000106. The van der Waals surface area contributed by atoms with Gasteiger partial charge in [-0.05, 0) is 18.2 Å². The van der Waals surface area contributed by atoms with Gasteiger partial charge in [0.05, 0.1) is 31.4 Å². The van der Waals surface area contributed by atoms with Crippen molar-refractivity contribution in [2.45, 2.75) is 13.8 Å². The molecule has 0 saturated carbocycles. The molecule has 0 spiro atoms. The lowest BCUT2D eigenvalue weighted by Crippen LogP contribution is -2.02. The van der Waals surface area contributed by atoms with Crippen LogP contribution in [0.15, 0.2) is 18.2 Å². The molecule has 0 aliphatic heterocycles. The number of ether oxygens (including phenoxy) is 2. The quantitative estimate of drug-likeness (QED) is 0.719. The lowest BCUT2D eigenvalue weighted by Gasteiger charge is -2.03. The first-order valence-electron chi connectivity index (χ1n) is 4.88. The average Bonchev–Trinajstić information content (AvgIpc) is 2.39. The third-order valence-corrected chi connectivity index (χ3v) is 1.69. The Morgan fingerprint density at radius 2 is 1.88 bits per heavy atom. The predicted molar refractivity (Wildman–Crippen MR) is 60.4 cm³/mol. The number of methoxy groups -OCH3 is 2. The summed E-state index contributed by atoms with van der Waals surface area (Å²) in [6.07, 6.45) is 0. The molecular weight excluding hydrogens is 206 g/mol. The second-order valence-corrected chi connectivity index (χ2v) is 2.55. The van der Waals surface area contributed by atoms with Crippen LogP contribution < -0.4 is 4.74 Å². The molecule has 0 aromatic heterocycles. The summed E-state index contributed by atoms with van der Waals surface area (Å²) >= 11 is 0. The molecule has 0 N–H and O–H groups in total. The van der Waals surface area contributed by atoms with E-state index in [9.17, 15) is 4.79 Å². The molecule has 0 aliphatic carbocycles. The summed E-state index contributed by atoms with van der Waals surface area (Å²) in [7, 11) is 2.76. The van der Waals surface area contributed by atoms with Crippen molar-refractivity contribution in [2.24, 2.45) is 0 Å².